The monoisotopic (exact) mass is 287 g/mol. The summed E-state index contributed by atoms with van der Waals surface area (Å²) in [7, 11) is 1.06. The van der Waals surface area contributed by atoms with Crippen molar-refractivity contribution in [1.29, 1.82) is 0 Å². The summed E-state index contributed by atoms with van der Waals surface area (Å²) in [6.45, 7) is 7.90. The Kier molecular flexibility index (Phi) is 2.84. The molecule has 0 unspecified atom stereocenters. The predicted molar refractivity (Wildman–Crippen MR) is 79.9 cm³/mol. The minimum Gasteiger partial charge on any atom is -0.399 e. The number of likely N-dealkylation sites (N-methyl/N-ethyl adjacent to an activating group) is 1. The molecule has 1 amide bonds. The van der Waals surface area contributed by atoms with Crippen LogP contribution in [0.4, 0.5) is 5.69 Å². The molecule has 3 rings (SSSR count). The summed E-state index contributed by atoms with van der Waals surface area (Å²) in [6, 6.07) is 5.29. The van der Waals surface area contributed by atoms with Gasteiger partial charge in [-0.05, 0) is 45.3 Å². The van der Waals surface area contributed by atoms with E-state index >= 15 is 0 Å². The lowest BCUT2D eigenvalue weighted by atomic mass is 9.78. The minimum absolute atomic E-state index is 0.412. The molecule has 0 atom stereocenters. The third-order valence-electron chi connectivity index (χ3n) is 4.65. The summed E-state index contributed by atoms with van der Waals surface area (Å²) in [6.07, 6.45) is 0. The average molecular weight is 287 g/mol. The topological polar surface area (TPSA) is 55.8 Å². The average Bonchev–Trinajstić information content (AvgIpc) is 2.75. The third-order valence-corrected chi connectivity index (χ3v) is 4.65. The van der Waals surface area contributed by atoms with Gasteiger partial charge in [-0.25, -0.2) is 0 Å². The van der Waals surface area contributed by atoms with Gasteiger partial charge in [0.05, 0.1) is 22.5 Å². The molecular formula is C15H18BNO4. The van der Waals surface area contributed by atoms with Crippen LogP contribution in [0.3, 0.4) is 0 Å². The number of Topliss-reactive ketones (excluding diaryl/α,β-unsaturated/α-hetero) is 1. The maximum absolute atomic E-state index is 12.0. The minimum atomic E-state index is -0.533. The van der Waals surface area contributed by atoms with Gasteiger partial charge >= 0.3 is 7.12 Å². The van der Waals surface area contributed by atoms with Gasteiger partial charge in [0.2, 0.25) is 0 Å². The van der Waals surface area contributed by atoms with Crippen molar-refractivity contribution in [2.24, 2.45) is 0 Å². The van der Waals surface area contributed by atoms with E-state index in [1.165, 1.54) is 4.90 Å². The lowest BCUT2D eigenvalue weighted by Gasteiger charge is -2.32. The fourth-order valence-electron chi connectivity index (χ4n) is 2.53. The Hall–Kier alpha value is -1.66. The first-order chi connectivity index (χ1) is 9.64. The van der Waals surface area contributed by atoms with Gasteiger partial charge in [0.1, 0.15) is 0 Å². The Labute approximate surface area is 124 Å². The summed E-state index contributed by atoms with van der Waals surface area (Å²) in [4.78, 5) is 25.0. The number of amides is 1. The van der Waals surface area contributed by atoms with Gasteiger partial charge in [-0.2, -0.15) is 0 Å². The van der Waals surface area contributed by atoms with Crippen molar-refractivity contribution >= 4 is 30.0 Å². The van der Waals surface area contributed by atoms with E-state index in [2.05, 4.69) is 0 Å². The van der Waals surface area contributed by atoms with Crippen LogP contribution in [0.15, 0.2) is 18.2 Å². The first-order valence-corrected chi connectivity index (χ1v) is 6.96. The molecule has 0 spiro atoms. The van der Waals surface area contributed by atoms with Gasteiger partial charge in [0.15, 0.2) is 0 Å². The zero-order valence-corrected chi connectivity index (χ0v) is 12.9. The van der Waals surface area contributed by atoms with Gasteiger partial charge in [-0.15, -0.1) is 0 Å². The van der Waals surface area contributed by atoms with Crippen LogP contribution in [0.2, 0.25) is 0 Å². The molecule has 0 radical (unpaired) electrons. The highest BCUT2D eigenvalue weighted by Crippen LogP contribution is 2.37. The zero-order chi connectivity index (χ0) is 15.6. The molecule has 5 nitrogen and oxygen atoms in total. The normalized spacial score (nSPS) is 22.9. The molecule has 0 bridgehead atoms. The summed E-state index contributed by atoms with van der Waals surface area (Å²) in [5.74, 6) is -0.984. The number of carbonyl (C=O) groups is 2. The molecule has 2 aliphatic heterocycles. The van der Waals surface area contributed by atoms with Gasteiger partial charge in [0.25, 0.3) is 11.7 Å². The fraction of sp³-hybridized carbons (Fsp3) is 0.467. The highest BCUT2D eigenvalue weighted by Gasteiger charge is 2.52. The van der Waals surface area contributed by atoms with Crippen LogP contribution < -0.4 is 10.4 Å². The van der Waals surface area contributed by atoms with E-state index < -0.39 is 30.0 Å². The first kappa shape index (κ1) is 14.3. The molecule has 1 aromatic rings. The maximum Gasteiger partial charge on any atom is 0.494 e. The number of benzene rings is 1. The Morgan fingerprint density at radius 1 is 1.05 bits per heavy atom. The quantitative estimate of drug-likeness (QED) is 0.574. The number of rotatable bonds is 1. The van der Waals surface area contributed by atoms with Crippen molar-refractivity contribution in [1.82, 2.24) is 0 Å². The van der Waals surface area contributed by atoms with Crippen molar-refractivity contribution in [3.05, 3.63) is 23.8 Å². The second-order valence-corrected chi connectivity index (χ2v) is 6.56. The molecule has 0 N–H and O–H groups in total. The van der Waals surface area contributed by atoms with Gasteiger partial charge in [0, 0.05) is 7.05 Å². The molecule has 1 fully saturated rings. The van der Waals surface area contributed by atoms with Gasteiger partial charge in [-0.1, -0.05) is 6.07 Å². The Morgan fingerprint density at radius 2 is 1.62 bits per heavy atom. The van der Waals surface area contributed by atoms with E-state index in [1.807, 2.05) is 33.8 Å². The molecule has 21 heavy (non-hydrogen) atoms. The Bertz CT molecular complexity index is 637. The summed E-state index contributed by atoms with van der Waals surface area (Å²) in [5.41, 5.74) is 0.921. The van der Waals surface area contributed by atoms with E-state index in [9.17, 15) is 9.59 Å². The molecule has 110 valence electrons. The third kappa shape index (κ3) is 1.93. The Balaban J connectivity index is 1.97. The molecule has 2 aliphatic rings. The van der Waals surface area contributed by atoms with Crippen LogP contribution in [0.1, 0.15) is 38.1 Å². The largest absolute Gasteiger partial charge is 0.494 e. The number of nitrogens with zero attached hydrogens (tertiary/aromatic N) is 1. The van der Waals surface area contributed by atoms with Crippen LogP contribution >= 0.6 is 0 Å². The molecule has 1 saturated heterocycles. The number of anilines is 1. The van der Waals surface area contributed by atoms with E-state index in [4.69, 9.17) is 9.31 Å². The van der Waals surface area contributed by atoms with E-state index in [1.54, 1.807) is 19.2 Å². The van der Waals surface area contributed by atoms with Crippen LogP contribution in [-0.2, 0) is 14.1 Å². The molecule has 6 heteroatoms. The zero-order valence-electron chi connectivity index (χ0n) is 12.9. The number of hydrogen-bond acceptors (Lipinski definition) is 4. The number of hydrogen-bond donors (Lipinski definition) is 0. The van der Waals surface area contributed by atoms with Gasteiger partial charge in [-0.3, -0.25) is 9.59 Å². The molecular weight excluding hydrogens is 269 g/mol. The van der Waals surface area contributed by atoms with Crippen molar-refractivity contribution in [3.63, 3.8) is 0 Å². The highest BCUT2D eigenvalue weighted by molar-refractivity contribution is 6.63. The number of ketones is 1. The molecule has 0 aromatic heterocycles. The number of fused-ring (bicyclic) bond motifs is 1. The van der Waals surface area contributed by atoms with Crippen molar-refractivity contribution < 1.29 is 18.9 Å². The first-order valence-electron chi connectivity index (χ1n) is 6.96. The summed E-state index contributed by atoms with van der Waals surface area (Å²) >= 11 is 0. The summed E-state index contributed by atoms with van der Waals surface area (Å²) < 4.78 is 11.9. The lowest BCUT2D eigenvalue weighted by molar-refractivity contribution is -0.114. The maximum atomic E-state index is 12.0. The molecule has 2 heterocycles. The smallest absolute Gasteiger partial charge is 0.399 e. The standard InChI is InChI=1S/C15H18BNO4/c1-14(2)15(3,4)21-16(20-14)9-6-7-11-10(8-9)12(18)13(19)17(11)5/h6-8H,1-5H3. The molecule has 1 aromatic carbocycles. The van der Waals surface area contributed by atoms with Crippen molar-refractivity contribution in [2.75, 3.05) is 11.9 Å². The molecule has 0 saturated carbocycles. The lowest BCUT2D eigenvalue weighted by Crippen LogP contribution is -2.41. The van der Waals surface area contributed by atoms with Crippen LogP contribution in [0.25, 0.3) is 0 Å². The second-order valence-electron chi connectivity index (χ2n) is 6.56. The Morgan fingerprint density at radius 3 is 2.19 bits per heavy atom. The van der Waals surface area contributed by atoms with E-state index in [0.29, 0.717) is 11.3 Å². The van der Waals surface area contributed by atoms with Crippen molar-refractivity contribution in [3.8, 4) is 0 Å². The van der Waals surface area contributed by atoms with E-state index in [0.717, 1.165) is 5.46 Å². The van der Waals surface area contributed by atoms with Crippen LogP contribution in [-0.4, -0.2) is 37.1 Å². The van der Waals surface area contributed by atoms with Crippen LogP contribution in [0.5, 0.6) is 0 Å². The molecule has 0 aliphatic carbocycles. The fourth-order valence-corrected chi connectivity index (χ4v) is 2.53. The SMILES string of the molecule is CN1C(=O)C(=O)c2cc(B3OC(C)(C)C(C)(C)O3)ccc21. The van der Waals surface area contributed by atoms with Crippen molar-refractivity contribution in [2.45, 2.75) is 38.9 Å². The predicted octanol–water partition coefficient (Wildman–Crippen LogP) is 1.14. The highest BCUT2D eigenvalue weighted by atomic mass is 16.7. The van der Waals surface area contributed by atoms with E-state index in [-0.39, 0.29) is 0 Å². The summed E-state index contributed by atoms with van der Waals surface area (Å²) in [5, 5.41) is 0. The number of carbonyl (C=O) groups excluding carboxylic acids is 2. The van der Waals surface area contributed by atoms with Crippen LogP contribution in [0, 0.1) is 0 Å². The second kappa shape index (κ2) is 4.18. The van der Waals surface area contributed by atoms with Gasteiger partial charge < -0.3 is 14.2 Å².